The Morgan fingerprint density at radius 1 is 0.971 bits per heavy atom. The van der Waals surface area contributed by atoms with Crippen LogP contribution in [-0.2, 0) is 16.0 Å². The van der Waals surface area contributed by atoms with Crippen LogP contribution in [0.4, 0.5) is 32.0 Å². The SMILES string of the molecule is Cc1cc(C(=O)Nc2ccc(S(C)(=O)=O)c(OC(F)(F)F)c2)c(C)n1-c1ccccc1C(F)(F)F. The summed E-state index contributed by atoms with van der Waals surface area (Å²) >= 11 is 0. The molecule has 13 heteroatoms. The van der Waals surface area contributed by atoms with Crippen molar-refractivity contribution >= 4 is 21.4 Å². The summed E-state index contributed by atoms with van der Waals surface area (Å²) < 4.78 is 107. The lowest BCUT2D eigenvalue weighted by Gasteiger charge is -2.17. The van der Waals surface area contributed by atoms with Crippen LogP contribution in [0.25, 0.3) is 5.69 Å². The number of para-hydroxylation sites is 1. The predicted octanol–water partition coefficient (Wildman–Crippen LogP) is 5.67. The molecule has 1 heterocycles. The topological polar surface area (TPSA) is 77.4 Å². The summed E-state index contributed by atoms with van der Waals surface area (Å²) in [4.78, 5) is 12.1. The molecule has 0 atom stereocenters. The van der Waals surface area contributed by atoms with Gasteiger partial charge in [0.15, 0.2) is 9.84 Å². The molecule has 0 bridgehead atoms. The van der Waals surface area contributed by atoms with Gasteiger partial charge in [-0.1, -0.05) is 12.1 Å². The van der Waals surface area contributed by atoms with E-state index in [1.165, 1.54) is 42.7 Å². The molecule has 0 aliphatic carbocycles. The van der Waals surface area contributed by atoms with Crippen molar-refractivity contribution in [3.63, 3.8) is 0 Å². The van der Waals surface area contributed by atoms with Crippen LogP contribution in [0.5, 0.6) is 5.75 Å². The molecule has 6 nitrogen and oxygen atoms in total. The third-order valence-electron chi connectivity index (χ3n) is 4.95. The van der Waals surface area contributed by atoms with Gasteiger partial charge in [0.25, 0.3) is 5.91 Å². The number of sulfone groups is 1. The summed E-state index contributed by atoms with van der Waals surface area (Å²) in [5.74, 6) is -1.87. The van der Waals surface area contributed by atoms with E-state index in [-0.39, 0.29) is 22.6 Å². The highest BCUT2D eigenvalue weighted by atomic mass is 32.2. The minimum absolute atomic E-state index is 0.0371. The lowest BCUT2D eigenvalue weighted by atomic mass is 10.1. The molecule has 35 heavy (non-hydrogen) atoms. The molecule has 0 aliphatic rings. The Labute approximate surface area is 196 Å². The molecule has 1 amide bonds. The first-order chi connectivity index (χ1) is 16.0. The summed E-state index contributed by atoms with van der Waals surface area (Å²) in [7, 11) is -4.09. The van der Waals surface area contributed by atoms with Crippen LogP contribution < -0.4 is 10.1 Å². The molecular formula is C22H18F6N2O4S. The molecule has 3 rings (SSSR count). The number of benzene rings is 2. The van der Waals surface area contributed by atoms with Crippen LogP contribution in [0.1, 0.15) is 27.3 Å². The molecule has 0 saturated heterocycles. The molecular weight excluding hydrogens is 502 g/mol. The van der Waals surface area contributed by atoms with E-state index >= 15 is 0 Å². The molecule has 0 aliphatic heterocycles. The highest BCUT2D eigenvalue weighted by molar-refractivity contribution is 7.90. The number of aromatic nitrogens is 1. The number of hydrogen-bond donors (Lipinski definition) is 1. The Balaban J connectivity index is 2.01. The zero-order chi connectivity index (χ0) is 26.3. The molecule has 0 spiro atoms. The van der Waals surface area contributed by atoms with Crippen molar-refractivity contribution in [3.05, 3.63) is 71.0 Å². The average Bonchev–Trinajstić information content (AvgIpc) is 2.99. The minimum atomic E-state index is -5.20. The van der Waals surface area contributed by atoms with Crippen LogP contribution in [0, 0.1) is 13.8 Å². The van der Waals surface area contributed by atoms with Crippen molar-refractivity contribution in [2.75, 3.05) is 11.6 Å². The number of nitrogens with one attached hydrogen (secondary N) is 1. The number of nitrogens with zero attached hydrogens (tertiary/aromatic N) is 1. The smallest absolute Gasteiger partial charge is 0.404 e. The molecule has 0 saturated carbocycles. The zero-order valence-corrected chi connectivity index (χ0v) is 19.2. The number of anilines is 1. The molecule has 0 unspecified atom stereocenters. The summed E-state index contributed by atoms with van der Waals surface area (Å²) in [5.41, 5.74) is -0.923. The average molecular weight is 520 g/mol. The van der Waals surface area contributed by atoms with Gasteiger partial charge in [0.1, 0.15) is 10.6 Å². The third kappa shape index (κ3) is 5.78. The lowest BCUT2D eigenvalue weighted by Crippen LogP contribution is -2.19. The van der Waals surface area contributed by atoms with Crippen molar-refractivity contribution in [1.82, 2.24) is 4.57 Å². The van der Waals surface area contributed by atoms with E-state index in [2.05, 4.69) is 10.1 Å². The van der Waals surface area contributed by atoms with Crippen molar-refractivity contribution in [2.24, 2.45) is 0 Å². The fourth-order valence-corrected chi connectivity index (χ4v) is 4.35. The summed E-state index contributed by atoms with van der Waals surface area (Å²) in [6.07, 6.45) is -9.16. The second-order valence-electron chi connectivity index (χ2n) is 7.57. The van der Waals surface area contributed by atoms with Gasteiger partial charge in [-0.25, -0.2) is 8.42 Å². The molecule has 3 aromatic rings. The number of hydrogen-bond acceptors (Lipinski definition) is 4. The van der Waals surface area contributed by atoms with Gasteiger partial charge in [-0.3, -0.25) is 4.79 Å². The van der Waals surface area contributed by atoms with Crippen LogP contribution in [0.2, 0.25) is 0 Å². The van der Waals surface area contributed by atoms with E-state index in [4.69, 9.17) is 0 Å². The van der Waals surface area contributed by atoms with Crippen LogP contribution in [0.3, 0.4) is 0 Å². The number of amides is 1. The van der Waals surface area contributed by atoms with Gasteiger partial charge in [0.05, 0.1) is 16.8 Å². The quantitative estimate of drug-likeness (QED) is 0.440. The highest BCUT2D eigenvalue weighted by Crippen LogP contribution is 2.36. The van der Waals surface area contributed by atoms with Crippen LogP contribution in [0.15, 0.2) is 53.4 Å². The Hall–Kier alpha value is -3.48. The Bertz CT molecular complexity index is 1390. The monoisotopic (exact) mass is 520 g/mol. The van der Waals surface area contributed by atoms with E-state index in [1.807, 2.05) is 0 Å². The van der Waals surface area contributed by atoms with Crippen molar-refractivity contribution in [2.45, 2.75) is 31.3 Å². The Morgan fingerprint density at radius 2 is 1.60 bits per heavy atom. The van der Waals surface area contributed by atoms with E-state index < -0.39 is 44.5 Å². The molecule has 1 aromatic heterocycles. The Morgan fingerprint density at radius 3 is 2.17 bits per heavy atom. The normalized spacial score (nSPS) is 12.5. The largest absolute Gasteiger partial charge is 0.573 e. The van der Waals surface area contributed by atoms with Crippen molar-refractivity contribution in [3.8, 4) is 11.4 Å². The number of aryl methyl sites for hydroxylation is 1. The summed E-state index contributed by atoms with van der Waals surface area (Å²) in [6.45, 7) is 2.91. The van der Waals surface area contributed by atoms with Gasteiger partial charge in [-0.15, -0.1) is 13.2 Å². The second kappa shape index (κ2) is 8.95. The standard InChI is InChI=1S/C22H18F6N2O4S/c1-12-10-15(13(2)30(12)17-7-5-4-6-16(17)21(23,24)25)20(31)29-14-8-9-19(35(3,32)33)18(11-14)34-22(26,27)28/h4-11H,1-3H3,(H,29,31). The number of carbonyl (C=O) groups is 1. The number of rotatable bonds is 5. The first kappa shape index (κ1) is 26.1. The van der Waals surface area contributed by atoms with Crippen molar-refractivity contribution < 1.29 is 44.3 Å². The predicted molar refractivity (Wildman–Crippen MR) is 114 cm³/mol. The number of halogens is 6. The highest BCUT2D eigenvalue weighted by Gasteiger charge is 2.35. The molecule has 0 fully saturated rings. The number of alkyl halides is 6. The fraction of sp³-hybridized carbons (Fsp3) is 0.227. The molecule has 188 valence electrons. The maximum atomic E-state index is 13.5. The second-order valence-corrected chi connectivity index (χ2v) is 9.55. The first-order valence-electron chi connectivity index (χ1n) is 9.76. The molecule has 0 radical (unpaired) electrons. The Kier molecular flexibility index (Phi) is 6.68. The maximum absolute atomic E-state index is 13.5. The van der Waals surface area contributed by atoms with Crippen molar-refractivity contribution in [1.29, 1.82) is 0 Å². The third-order valence-corrected chi connectivity index (χ3v) is 6.09. The van der Waals surface area contributed by atoms with Gasteiger partial charge in [0, 0.05) is 29.4 Å². The van der Waals surface area contributed by atoms with Gasteiger partial charge in [-0.05, 0) is 44.2 Å². The van der Waals surface area contributed by atoms with Crippen LogP contribution in [-0.4, -0.2) is 31.5 Å². The van der Waals surface area contributed by atoms with E-state index in [0.29, 0.717) is 18.0 Å². The summed E-state index contributed by atoms with van der Waals surface area (Å²) in [5, 5.41) is 2.32. The van der Waals surface area contributed by atoms with Gasteiger partial charge in [0.2, 0.25) is 0 Å². The number of ether oxygens (including phenoxy) is 1. The molecule has 2 aromatic carbocycles. The summed E-state index contributed by atoms with van der Waals surface area (Å²) in [6, 6.07) is 8.72. The maximum Gasteiger partial charge on any atom is 0.573 e. The molecule has 1 N–H and O–H groups in total. The van der Waals surface area contributed by atoms with E-state index in [0.717, 1.165) is 18.2 Å². The van der Waals surface area contributed by atoms with E-state index in [9.17, 15) is 39.6 Å². The minimum Gasteiger partial charge on any atom is -0.404 e. The van der Waals surface area contributed by atoms with E-state index in [1.54, 1.807) is 0 Å². The zero-order valence-electron chi connectivity index (χ0n) is 18.4. The van der Waals surface area contributed by atoms with Gasteiger partial charge >= 0.3 is 12.5 Å². The van der Waals surface area contributed by atoms with Gasteiger partial charge < -0.3 is 14.6 Å². The lowest BCUT2D eigenvalue weighted by molar-refractivity contribution is -0.275. The van der Waals surface area contributed by atoms with Crippen LogP contribution >= 0.6 is 0 Å². The first-order valence-corrected chi connectivity index (χ1v) is 11.6. The van der Waals surface area contributed by atoms with Gasteiger partial charge in [-0.2, -0.15) is 13.2 Å². The number of carbonyl (C=O) groups excluding carboxylic acids is 1. The fourth-order valence-electron chi connectivity index (χ4n) is 3.57.